The number of rotatable bonds is 2. The zero-order chi connectivity index (χ0) is 41.7. The smallest absolute Gasteiger partial charge is 0.252 e. The Bertz CT molecular complexity index is 2500. The zero-order valence-corrected chi connectivity index (χ0v) is 37.4. The number of benzene rings is 5. The van der Waals surface area contributed by atoms with Gasteiger partial charge in [0.05, 0.1) is 1.37 Å². The van der Waals surface area contributed by atoms with E-state index < -0.39 is 0 Å². The van der Waals surface area contributed by atoms with Crippen molar-refractivity contribution in [3.63, 3.8) is 0 Å². The second-order valence-electron chi connectivity index (χ2n) is 22.8. The Hall–Kier alpha value is -4.24. The lowest BCUT2D eigenvalue weighted by molar-refractivity contribution is 0.332. The summed E-state index contributed by atoms with van der Waals surface area (Å²) in [7, 11) is 0. The van der Waals surface area contributed by atoms with Gasteiger partial charge in [0.1, 0.15) is 0 Å². The van der Waals surface area contributed by atoms with Crippen molar-refractivity contribution in [2.75, 3.05) is 9.80 Å². The molecule has 0 bridgehead atoms. The van der Waals surface area contributed by atoms with Gasteiger partial charge in [0.15, 0.2) is 0 Å². The van der Waals surface area contributed by atoms with Gasteiger partial charge in [-0.1, -0.05) is 139 Å². The predicted octanol–water partition coefficient (Wildman–Crippen LogP) is 13.1. The molecular formula is C54H65BN2. The number of hydrogen-bond acceptors (Lipinski definition) is 2. The van der Waals surface area contributed by atoms with Crippen molar-refractivity contribution in [1.82, 2.24) is 0 Å². The van der Waals surface area contributed by atoms with Crippen molar-refractivity contribution in [3.05, 3.63) is 124 Å². The van der Waals surface area contributed by atoms with E-state index in [0.29, 0.717) is 6.04 Å². The van der Waals surface area contributed by atoms with Crippen molar-refractivity contribution in [3.8, 4) is 0 Å². The number of hydrogen-bond donors (Lipinski definition) is 0. The Kier molecular flexibility index (Phi) is 7.90. The van der Waals surface area contributed by atoms with Crippen molar-refractivity contribution >= 4 is 57.2 Å². The lowest BCUT2D eigenvalue weighted by atomic mass is 9.33. The molecule has 3 heteroatoms. The first kappa shape index (κ1) is 37.1. The van der Waals surface area contributed by atoms with Crippen molar-refractivity contribution in [2.45, 2.75) is 155 Å². The van der Waals surface area contributed by atoms with Crippen LogP contribution >= 0.6 is 0 Å². The van der Waals surface area contributed by atoms with E-state index in [1.54, 1.807) is 0 Å². The van der Waals surface area contributed by atoms with Crippen LogP contribution in [0.15, 0.2) is 91.0 Å². The minimum absolute atomic E-state index is 0.0124. The van der Waals surface area contributed by atoms with Crippen molar-refractivity contribution in [1.29, 1.82) is 0 Å². The molecule has 0 unspecified atom stereocenters. The third-order valence-electron chi connectivity index (χ3n) is 14.8. The normalized spacial score (nSPS) is 19.8. The van der Waals surface area contributed by atoms with Crippen molar-refractivity contribution < 1.29 is 1.37 Å². The standard InChI is InChI=1S/C54H65BN2/c1-49(2,3)34-18-21-36(22-19-34)56-44-25-20-35(50(4,5)6)30-42(44)55-43-32-40-41(54(13,14)29-28-53(40,11)12)33-47(43)57(46-17-15-16-45(56)48(46)55)37-23-24-38-39(31-37)52(9,10)27-26-51(38,7)8/h15-25,30-33H,26-29H2,1-14H3/i15T. The molecule has 0 spiro atoms. The van der Waals surface area contributed by atoms with Gasteiger partial charge in [-0.3, -0.25) is 0 Å². The van der Waals surface area contributed by atoms with Gasteiger partial charge < -0.3 is 9.80 Å². The van der Waals surface area contributed by atoms with Crippen LogP contribution in [-0.2, 0) is 32.5 Å². The highest BCUT2D eigenvalue weighted by molar-refractivity contribution is 7.00. The molecule has 4 aliphatic rings. The average Bonchev–Trinajstić information content (AvgIpc) is 3.14. The molecule has 9 rings (SSSR count). The Morgan fingerprint density at radius 3 is 1.47 bits per heavy atom. The minimum atomic E-state index is -0.0164. The van der Waals surface area contributed by atoms with E-state index in [1.165, 1.54) is 86.1 Å². The first-order valence-corrected chi connectivity index (χ1v) is 21.7. The van der Waals surface area contributed by atoms with E-state index in [-0.39, 0.29) is 39.2 Å². The quantitative estimate of drug-likeness (QED) is 0.162. The van der Waals surface area contributed by atoms with E-state index in [1.807, 2.05) is 0 Å². The van der Waals surface area contributed by atoms with Gasteiger partial charge in [0.25, 0.3) is 6.71 Å². The molecule has 0 N–H and O–H groups in total. The van der Waals surface area contributed by atoms with Gasteiger partial charge in [-0.15, -0.1) is 0 Å². The first-order chi connectivity index (χ1) is 26.9. The van der Waals surface area contributed by atoms with Gasteiger partial charge >= 0.3 is 0 Å². The van der Waals surface area contributed by atoms with Gasteiger partial charge in [-0.2, -0.15) is 0 Å². The summed E-state index contributed by atoms with van der Waals surface area (Å²) >= 11 is 0. The second-order valence-corrected chi connectivity index (χ2v) is 22.8. The number of fused-ring (bicyclic) bond motifs is 6. The molecule has 2 aliphatic heterocycles. The summed E-state index contributed by atoms with van der Waals surface area (Å²) in [6.45, 7) is 33.4. The monoisotopic (exact) mass is 755 g/mol. The summed E-state index contributed by atoms with van der Waals surface area (Å²) in [5.74, 6) is 0. The van der Waals surface area contributed by atoms with E-state index in [0.717, 1.165) is 23.5 Å². The fourth-order valence-corrected chi connectivity index (χ4v) is 10.8. The topological polar surface area (TPSA) is 6.48 Å². The van der Waals surface area contributed by atoms with Crippen LogP contribution in [0.5, 0.6) is 0 Å². The zero-order valence-electron chi connectivity index (χ0n) is 38.4. The predicted molar refractivity (Wildman–Crippen MR) is 248 cm³/mol. The molecule has 0 saturated heterocycles. The third kappa shape index (κ3) is 5.87. The van der Waals surface area contributed by atoms with Gasteiger partial charge in [0.2, 0.25) is 0 Å². The van der Waals surface area contributed by atoms with Crippen LogP contribution < -0.4 is 26.2 Å². The molecule has 5 aromatic rings. The molecule has 0 aromatic heterocycles. The summed E-state index contributed by atoms with van der Waals surface area (Å²) in [5.41, 5.74) is 20.0. The van der Waals surface area contributed by atoms with Crippen LogP contribution in [0, 0.1) is 0 Å². The summed E-state index contributed by atoms with van der Waals surface area (Å²) < 4.78 is 9.55. The molecule has 294 valence electrons. The highest BCUT2D eigenvalue weighted by Gasteiger charge is 2.47. The van der Waals surface area contributed by atoms with E-state index in [9.17, 15) is 1.37 Å². The Morgan fingerprint density at radius 2 is 0.912 bits per heavy atom. The van der Waals surface area contributed by atoms with Gasteiger partial charge in [-0.25, -0.2) is 0 Å². The molecule has 2 aliphatic carbocycles. The number of anilines is 6. The second kappa shape index (κ2) is 12.2. The summed E-state index contributed by atoms with van der Waals surface area (Å²) in [6.07, 6.45) is 4.69. The van der Waals surface area contributed by atoms with Gasteiger partial charge in [0, 0.05) is 34.1 Å². The molecule has 0 saturated carbocycles. The highest BCUT2D eigenvalue weighted by atomic mass is 15.2. The minimum Gasteiger partial charge on any atom is -0.311 e. The SMILES string of the molecule is [3H]c1cc2c3c(c1)N(c1ccc4c(c1)C(C)(C)CCC4(C)C)c1cc4c(cc1B3c1cc(C(C)(C)C)ccc1N2c1ccc(C(C)(C)C)cc1)C(C)(C)CCC4(C)C. The van der Waals surface area contributed by atoms with Crippen LogP contribution in [0.2, 0.25) is 0 Å². The molecule has 5 aromatic carbocycles. The first-order valence-electron chi connectivity index (χ1n) is 22.2. The summed E-state index contributed by atoms with van der Waals surface area (Å²) in [6, 6.07) is 33.9. The molecule has 0 radical (unpaired) electrons. The summed E-state index contributed by atoms with van der Waals surface area (Å²) in [4.78, 5) is 5.03. The van der Waals surface area contributed by atoms with Crippen LogP contribution in [0.1, 0.15) is 157 Å². The fourth-order valence-electron chi connectivity index (χ4n) is 10.8. The summed E-state index contributed by atoms with van der Waals surface area (Å²) in [5, 5.41) is 0. The van der Waals surface area contributed by atoms with E-state index >= 15 is 0 Å². The lowest BCUT2D eigenvalue weighted by Crippen LogP contribution is -2.62. The third-order valence-corrected chi connectivity index (χ3v) is 14.8. The molecule has 0 amide bonds. The molecule has 0 atom stereocenters. The Labute approximate surface area is 346 Å². The maximum absolute atomic E-state index is 9.55. The van der Waals surface area contributed by atoms with Crippen LogP contribution in [0.25, 0.3) is 0 Å². The van der Waals surface area contributed by atoms with Gasteiger partial charge in [-0.05, 0) is 156 Å². The maximum Gasteiger partial charge on any atom is 0.252 e. The largest absolute Gasteiger partial charge is 0.311 e. The van der Waals surface area contributed by atoms with E-state index in [2.05, 4.69) is 192 Å². The number of nitrogens with zero attached hydrogens (tertiary/aromatic N) is 2. The lowest BCUT2D eigenvalue weighted by Gasteiger charge is -2.48. The van der Waals surface area contributed by atoms with Crippen LogP contribution in [0.4, 0.5) is 34.1 Å². The molecule has 2 nitrogen and oxygen atoms in total. The van der Waals surface area contributed by atoms with Crippen LogP contribution in [-0.4, -0.2) is 6.71 Å². The molecule has 57 heavy (non-hydrogen) atoms. The molecular weight excluding hydrogens is 687 g/mol. The Balaban J connectivity index is 1.40. The fraction of sp³-hybridized carbons (Fsp3) is 0.444. The van der Waals surface area contributed by atoms with Crippen molar-refractivity contribution in [2.24, 2.45) is 0 Å². The van der Waals surface area contributed by atoms with E-state index in [4.69, 9.17) is 0 Å². The average molecular weight is 755 g/mol. The Morgan fingerprint density at radius 1 is 0.456 bits per heavy atom. The maximum atomic E-state index is 9.55. The highest BCUT2D eigenvalue weighted by Crippen LogP contribution is 2.52. The molecule has 2 heterocycles. The van der Waals surface area contributed by atoms with Crippen LogP contribution in [0.3, 0.4) is 0 Å². The molecule has 0 fully saturated rings.